The Balaban J connectivity index is 1.37. The van der Waals surface area contributed by atoms with Gasteiger partial charge in [0.25, 0.3) is 11.8 Å². The lowest BCUT2D eigenvalue weighted by atomic mass is 10.1. The maximum absolute atomic E-state index is 13.4. The number of rotatable bonds is 14. The summed E-state index contributed by atoms with van der Waals surface area (Å²) in [5.41, 5.74) is 2.64. The highest BCUT2D eigenvalue weighted by Gasteiger charge is 2.17. The van der Waals surface area contributed by atoms with E-state index in [9.17, 15) is 19.2 Å². The number of carbonyl (C=O) groups excluding carboxylic acids is 4. The molecule has 3 amide bonds. The Morgan fingerprint density at radius 2 is 1.49 bits per heavy atom. The van der Waals surface area contributed by atoms with Crippen LogP contribution in [0.5, 0.6) is 5.75 Å². The van der Waals surface area contributed by atoms with E-state index in [0.717, 1.165) is 17.7 Å². The van der Waals surface area contributed by atoms with Gasteiger partial charge in [-0.3, -0.25) is 14.4 Å². The Kier molecular flexibility index (Phi) is 12.8. The van der Waals surface area contributed by atoms with Crippen LogP contribution in [0, 0.1) is 0 Å². The van der Waals surface area contributed by atoms with E-state index in [1.807, 2.05) is 6.92 Å². The van der Waals surface area contributed by atoms with Crippen LogP contribution in [0.1, 0.15) is 53.0 Å². The quantitative estimate of drug-likeness (QED) is 0.0571. The fourth-order valence-corrected chi connectivity index (χ4v) is 5.11. The smallest absolute Gasteiger partial charge is 0.338 e. The average molecular weight is 652 g/mol. The van der Waals surface area contributed by atoms with E-state index in [2.05, 4.69) is 16.0 Å². The van der Waals surface area contributed by atoms with Gasteiger partial charge in [-0.25, -0.2) is 4.79 Å². The SMILES string of the molecule is CCCCOC(=O)c1ccc(NC(=O)C(C)Sc2ccc(NC(=O)/C(=C/c3cccc(OC)c3)NC(=O)c3ccccc3)cc2)cc1. The van der Waals surface area contributed by atoms with Gasteiger partial charge < -0.3 is 25.4 Å². The molecule has 0 aliphatic carbocycles. The van der Waals surface area contributed by atoms with Crippen LogP contribution in [-0.4, -0.2) is 42.7 Å². The van der Waals surface area contributed by atoms with Crippen molar-refractivity contribution in [1.29, 1.82) is 0 Å². The fourth-order valence-electron chi connectivity index (χ4n) is 4.24. The van der Waals surface area contributed by atoms with Crippen LogP contribution < -0.4 is 20.7 Å². The highest BCUT2D eigenvalue weighted by atomic mass is 32.2. The van der Waals surface area contributed by atoms with E-state index in [4.69, 9.17) is 9.47 Å². The molecular formula is C37H37N3O6S. The topological polar surface area (TPSA) is 123 Å². The van der Waals surface area contributed by atoms with E-state index in [1.165, 1.54) is 11.8 Å². The summed E-state index contributed by atoms with van der Waals surface area (Å²) in [6.45, 7) is 4.20. The maximum atomic E-state index is 13.4. The number of carbonyl (C=O) groups is 4. The Morgan fingerprint density at radius 1 is 0.809 bits per heavy atom. The maximum Gasteiger partial charge on any atom is 0.338 e. The standard InChI is InChI=1S/C37H37N3O6S/c1-4-5-22-46-37(44)28-14-16-29(17-15-28)38-34(41)25(2)47-32-20-18-30(19-21-32)39-36(43)33(24-26-10-9-13-31(23-26)45-3)40-35(42)27-11-7-6-8-12-27/h6-21,23-25H,4-5,22H2,1-3H3,(H,38,41)(H,39,43)(H,40,42)/b33-24-. The molecule has 47 heavy (non-hydrogen) atoms. The molecule has 1 atom stereocenters. The minimum absolute atomic E-state index is 0.0530. The van der Waals surface area contributed by atoms with E-state index >= 15 is 0 Å². The van der Waals surface area contributed by atoms with Crippen molar-refractivity contribution in [3.8, 4) is 5.75 Å². The summed E-state index contributed by atoms with van der Waals surface area (Å²) in [6.07, 6.45) is 3.33. The lowest BCUT2D eigenvalue weighted by Gasteiger charge is -2.14. The molecule has 3 N–H and O–H groups in total. The van der Waals surface area contributed by atoms with E-state index in [0.29, 0.717) is 40.4 Å². The van der Waals surface area contributed by atoms with Gasteiger partial charge in [-0.2, -0.15) is 0 Å². The van der Waals surface area contributed by atoms with Crippen LogP contribution in [0.4, 0.5) is 11.4 Å². The lowest BCUT2D eigenvalue weighted by molar-refractivity contribution is -0.115. The molecule has 4 rings (SSSR count). The Labute approximate surface area is 278 Å². The molecule has 0 aliphatic rings. The Hall–Kier alpha value is -5.35. The van der Waals surface area contributed by atoms with Crippen molar-refractivity contribution in [2.45, 2.75) is 36.8 Å². The molecule has 10 heteroatoms. The third-order valence-electron chi connectivity index (χ3n) is 6.85. The average Bonchev–Trinajstić information content (AvgIpc) is 3.09. The molecule has 4 aromatic carbocycles. The monoisotopic (exact) mass is 651 g/mol. The van der Waals surface area contributed by atoms with Crippen molar-refractivity contribution in [2.24, 2.45) is 0 Å². The number of anilines is 2. The summed E-state index contributed by atoms with van der Waals surface area (Å²) < 4.78 is 10.5. The second-order valence-electron chi connectivity index (χ2n) is 10.4. The van der Waals surface area contributed by atoms with E-state index in [-0.39, 0.29) is 17.6 Å². The third kappa shape index (κ3) is 10.6. The summed E-state index contributed by atoms with van der Waals surface area (Å²) in [4.78, 5) is 52.1. The first-order chi connectivity index (χ1) is 22.7. The highest BCUT2D eigenvalue weighted by Crippen LogP contribution is 2.26. The number of ether oxygens (including phenoxy) is 2. The Morgan fingerprint density at radius 3 is 2.17 bits per heavy atom. The summed E-state index contributed by atoms with van der Waals surface area (Å²) >= 11 is 1.36. The minimum atomic E-state index is -0.509. The number of hydrogen-bond acceptors (Lipinski definition) is 7. The number of esters is 1. The van der Waals surface area contributed by atoms with Crippen molar-refractivity contribution in [3.05, 3.63) is 126 Å². The van der Waals surface area contributed by atoms with Gasteiger partial charge in [0.2, 0.25) is 5.91 Å². The van der Waals surface area contributed by atoms with Gasteiger partial charge in [-0.1, -0.05) is 43.7 Å². The first kappa shape index (κ1) is 34.5. The molecule has 0 bridgehead atoms. The van der Waals surface area contributed by atoms with Crippen LogP contribution in [0.15, 0.2) is 114 Å². The summed E-state index contributed by atoms with van der Waals surface area (Å²) in [5, 5.41) is 8.00. The number of unbranched alkanes of at least 4 members (excludes halogenated alkanes) is 1. The van der Waals surface area contributed by atoms with Gasteiger partial charge in [-0.05, 0) is 97.8 Å². The van der Waals surface area contributed by atoms with Gasteiger partial charge >= 0.3 is 5.97 Å². The van der Waals surface area contributed by atoms with Crippen molar-refractivity contribution < 1.29 is 28.7 Å². The second kappa shape index (κ2) is 17.4. The van der Waals surface area contributed by atoms with Crippen molar-refractivity contribution in [3.63, 3.8) is 0 Å². The third-order valence-corrected chi connectivity index (χ3v) is 7.96. The molecule has 0 saturated carbocycles. The zero-order chi connectivity index (χ0) is 33.6. The van der Waals surface area contributed by atoms with Gasteiger partial charge in [0.05, 0.1) is 24.5 Å². The molecule has 0 heterocycles. The summed E-state index contributed by atoms with van der Waals surface area (Å²) in [5.74, 6) is -0.908. The number of methoxy groups -OCH3 is 1. The lowest BCUT2D eigenvalue weighted by Crippen LogP contribution is -2.30. The number of thioether (sulfide) groups is 1. The normalized spacial score (nSPS) is 11.6. The summed E-state index contributed by atoms with van der Waals surface area (Å²) in [7, 11) is 1.55. The molecule has 0 saturated heterocycles. The number of amides is 3. The second-order valence-corrected chi connectivity index (χ2v) is 11.9. The number of hydrogen-bond donors (Lipinski definition) is 3. The van der Waals surface area contributed by atoms with Gasteiger partial charge in [0.1, 0.15) is 11.4 Å². The highest BCUT2D eigenvalue weighted by molar-refractivity contribution is 8.00. The number of nitrogens with one attached hydrogen (secondary N) is 3. The minimum Gasteiger partial charge on any atom is -0.497 e. The van der Waals surface area contributed by atoms with E-state index < -0.39 is 17.1 Å². The van der Waals surface area contributed by atoms with E-state index in [1.54, 1.807) is 123 Å². The molecular weight excluding hydrogens is 614 g/mol. The fraction of sp³-hybridized carbons (Fsp3) is 0.189. The zero-order valence-corrected chi connectivity index (χ0v) is 27.3. The molecule has 0 fully saturated rings. The molecule has 4 aromatic rings. The van der Waals surface area contributed by atoms with Gasteiger partial charge in [0.15, 0.2) is 0 Å². The van der Waals surface area contributed by atoms with Crippen molar-refractivity contribution in [2.75, 3.05) is 24.4 Å². The zero-order valence-electron chi connectivity index (χ0n) is 26.4. The summed E-state index contributed by atoms with van der Waals surface area (Å²) in [6, 6.07) is 29.4. The molecule has 0 aliphatic heterocycles. The first-order valence-electron chi connectivity index (χ1n) is 15.1. The molecule has 0 spiro atoms. The molecule has 0 aromatic heterocycles. The molecule has 242 valence electrons. The molecule has 0 radical (unpaired) electrons. The predicted octanol–water partition coefficient (Wildman–Crippen LogP) is 7.18. The van der Waals surface area contributed by atoms with Crippen LogP contribution in [0.25, 0.3) is 6.08 Å². The van der Waals surface area contributed by atoms with Crippen LogP contribution in [0.3, 0.4) is 0 Å². The van der Waals surface area contributed by atoms with Crippen molar-refractivity contribution >= 4 is 52.9 Å². The number of benzene rings is 4. The van der Waals surface area contributed by atoms with Crippen LogP contribution in [-0.2, 0) is 14.3 Å². The first-order valence-corrected chi connectivity index (χ1v) is 16.0. The Bertz CT molecular complexity index is 1710. The van der Waals surface area contributed by atoms with Gasteiger partial charge in [0, 0.05) is 21.8 Å². The predicted molar refractivity (Wildman–Crippen MR) is 186 cm³/mol. The molecule has 1 unspecified atom stereocenters. The van der Waals surface area contributed by atoms with Crippen LogP contribution in [0.2, 0.25) is 0 Å². The van der Waals surface area contributed by atoms with Gasteiger partial charge in [-0.15, -0.1) is 11.8 Å². The van der Waals surface area contributed by atoms with Crippen molar-refractivity contribution in [1.82, 2.24) is 5.32 Å². The molecule has 9 nitrogen and oxygen atoms in total. The van der Waals surface area contributed by atoms with Crippen LogP contribution >= 0.6 is 11.8 Å². The largest absolute Gasteiger partial charge is 0.497 e.